The third-order valence-corrected chi connectivity index (χ3v) is 13.5. The Balaban J connectivity index is 1.14. The van der Waals surface area contributed by atoms with Crippen LogP contribution in [0, 0.1) is 0 Å². The van der Waals surface area contributed by atoms with Gasteiger partial charge in [0.15, 0.2) is 0 Å². The molecule has 0 fully saturated rings. The number of carboxylic acid groups (broad SMARTS) is 1. The Kier molecular flexibility index (Phi) is 11.5. The summed E-state index contributed by atoms with van der Waals surface area (Å²) >= 11 is 9.37. The van der Waals surface area contributed by atoms with Crippen molar-refractivity contribution < 1.29 is 9.90 Å². The van der Waals surface area contributed by atoms with Crippen LogP contribution < -0.4 is 0 Å². The van der Waals surface area contributed by atoms with Gasteiger partial charge < -0.3 is 5.11 Å². The lowest BCUT2D eigenvalue weighted by atomic mass is 10.1. The first-order chi connectivity index (χ1) is 20.1. The molecule has 2 nitrogen and oxygen atoms in total. The minimum Gasteiger partial charge on any atom is -0.481 e. The molecular weight excluding hydrogens is 601 g/mol. The third-order valence-electron chi connectivity index (χ3n) is 7.20. The van der Waals surface area contributed by atoms with Crippen LogP contribution in [-0.2, 0) is 17.6 Å². The molecule has 0 bridgehead atoms. The van der Waals surface area contributed by atoms with Gasteiger partial charge in [0.25, 0.3) is 0 Å². The number of unbranched alkanes of at least 4 members (excludes halogenated alkanes) is 7. The lowest BCUT2D eigenvalue weighted by molar-refractivity contribution is -0.137. The van der Waals surface area contributed by atoms with Gasteiger partial charge in [0.2, 0.25) is 0 Å². The van der Waals surface area contributed by atoms with E-state index in [2.05, 4.69) is 67.6 Å². The van der Waals surface area contributed by atoms with Crippen LogP contribution in [0.5, 0.6) is 0 Å². The van der Waals surface area contributed by atoms with Crippen LogP contribution in [0.4, 0.5) is 0 Å². The van der Waals surface area contributed by atoms with Crippen LogP contribution in [-0.4, -0.2) is 11.1 Å². The predicted octanol–water partition coefficient (Wildman–Crippen LogP) is 12.8. The Morgan fingerprint density at radius 2 is 0.829 bits per heavy atom. The van der Waals surface area contributed by atoms with Crippen LogP contribution in [0.3, 0.4) is 0 Å². The normalized spacial score (nSPS) is 11.4. The van der Waals surface area contributed by atoms with Crippen LogP contribution in [0.2, 0.25) is 0 Å². The van der Waals surface area contributed by atoms with Crippen molar-refractivity contribution in [2.75, 3.05) is 0 Å². The Morgan fingerprint density at radius 3 is 1.24 bits per heavy atom. The van der Waals surface area contributed by atoms with E-state index in [1.165, 1.54) is 107 Å². The maximum absolute atomic E-state index is 10.8. The molecule has 0 atom stereocenters. The van der Waals surface area contributed by atoms with E-state index >= 15 is 0 Å². The SMILES string of the molecule is CCCCCCCCCCc1ccc(-c2ccc(-c3ccc(-c4ccc(-c5ccc(CCCC(=O)O)s5)s4)s3)s2)s1. The first kappa shape index (κ1) is 30.4. The number of hydrogen-bond acceptors (Lipinski definition) is 6. The fourth-order valence-corrected chi connectivity index (χ4v) is 10.4. The summed E-state index contributed by atoms with van der Waals surface area (Å²) in [6.07, 6.45) is 14.0. The zero-order chi connectivity index (χ0) is 28.4. The summed E-state index contributed by atoms with van der Waals surface area (Å²) < 4.78 is 0. The molecule has 0 aliphatic rings. The number of aliphatic carboxylic acids is 1. The van der Waals surface area contributed by atoms with Gasteiger partial charge in [0, 0.05) is 55.2 Å². The van der Waals surface area contributed by atoms with Crippen molar-refractivity contribution in [3.8, 4) is 39.0 Å². The maximum atomic E-state index is 10.8. The topological polar surface area (TPSA) is 37.3 Å². The van der Waals surface area contributed by atoms with Crippen molar-refractivity contribution in [2.45, 2.75) is 84.0 Å². The summed E-state index contributed by atoms with van der Waals surface area (Å²) in [6, 6.07) is 22.5. The summed E-state index contributed by atoms with van der Waals surface area (Å²) in [5.74, 6) is -0.719. The molecule has 0 aliphatic carbocycles. The summed E-state index contributed by atoms with van der Waals surface area (Å²) in [7, 11) is 0. The summed E-state index contributed by atoms with van der Waals surface area (Å²) in [5.41, 5.74) is 0. The zero-order valence-electron chi connectivity index (χ0n) is 23.7. The molecule has 1 N–H and O–H groups in total. The number of hydrogen-bond donors (Lipinski definition) is 1. The molecule has 5 aromatic heterocycles. The first-order valence-corrected chi connectivity index (χ1v) is 18.9. The minimum absolute atomic E-state index is 0.233. The van der Waals surface area contributed by atoms with Crippen LogP contribution in [0.15, 0.2) is 60.7 Å². The van der Waals surface area contributed by atoms with Gasteiger partial charge in [-0.3, -0.25) is 4.79 Å². The lowest BCUT2D eigenvalue weighted by Gasteiger charge is -2.00. The highest BCUT2D eigenvalue weighted by molar-refractivity contribution is 7.29. The second-order valence-electron chi connectivity index (χ2n) is 10.5. The smallest absolute Gasteiger partial charge is 0.303 e. The molecule has 7 heteroatoms. The molecule has 0 saturated heterocycles. The van der Waals surface area contributed by atoms with E-state index in [0.717, 1.165) is 6.42 Å². The highest BCUT2D eigenvalue weighted by atomic mass is 32.1. The Labute approximate surface area is 264 Å². The highest BCUT2D eigenvalue weighted by Gasteiger charge is 2.13. The Morgan fingerprint density at radius 1 is 0.488 bits per heavy atom. The van der Waals surface area contributed by atoms with E-state index in [1.54, 1.807) is 11.3 Å². The summed E-state index contributed by atoms with van der Waals surface area (Å²) in [5, 5.41) is 8.88. The second kappa shape index (κ2) is 15.4. The number of carboxylic acids is 1. The molecule has 0 unspecified atom stereocenters. The largest absolute Gasteiger partial charge is 0.481 e. The van der Waals surface area contributed by atoms with Crippen LogP contribution in [0.1, 0.15) is 80.9 Å². The average molecular weight is 639 g/mol. The summed E-state index contributed by atoms with van der Waals surface area (Å²) in [4.78, 5) is 24.2. The molecule has 0 spiro atoms. The van der Waals surface area contributed by atoms with E-state index in [0.29, 0.717) is 6.42 Å². The van der Waals surface area contributed by atoms with Gasteiger partial charge in [0.05, 0.1) is 0 Å². The fraction of sp³-hybridized carbons (Fsp3) is 0.382. The fourth-order valence-electron chi connectivity index (χ4n) is 4.94. The third kappa shape index (κ3) is 8.74. The second-order valence-corrected chi connectivity index (χ2v) is 16.1. The van der Waals surface area contributed by atoms with Gasteiger partial charge in [0.1, 0.15) is 0 Å². The monoisotopic (exact) mass is 638 g/mol. The van der Waals surface area contributed by atoms with E-state index in [9.17, 15) is 4.79 Å². The molecular formula is C34H38O2S5. The first-order valence-electron chi connectivity index (χ1n) is 14.8. The maximum Gasteiger partial charge on any atom is 0.303 e. The van der Waals surface area contributed by atoms with Gasteiger partial charge in [-0.15, -0.1) is 56.7 Å². The molecule has 5 rings (SSSR count). The van der Waals surface area contributed by atoms with Crippen molar-refractivity contribution in [2.24, 2.45) is 0 Å². The van der Waals surface area contributed by atoms with Crippen molar-refractivity contribution in [1.82, 2.24) is 0 Å². The Bertz CT molecular complexity index is 1510. The molecule has 0 aliphatic heterocycles. The van der Waals surface area contributed by atoms with Gasteiger partial charge in [-0.1, -0.05) is 51.9 Å². The van der Waals surface area contributed by atoms with E-state index in [-0.39, 0.29) is 6.42 Å². The Hall–Kier alpha value is -2.03. The van der Waals surface area contributed by atoms with E-state index in [4.69, 9.17) is 5.11 Å². The standard InChI is InChI=1S/C34H38O2S5/c1-2-3-4-5-6-7-8-9-11-24-14-16-26(37-24)28-18-20-30(39-28)32-22-23-33(41-32)31-21-19-29(40-31)27-17-15-25(38-27)12-10-13-34(35)36/h14-23H,2-13H2,1H3,(H,35,36). The van der Waals surface area contributed by atoms with Gasteiger partial charge in [-0.25, -0.2) is 0 Å². The molecule has 41 heavy (non-hydrogen) atoms. The van der Waals surface area contributed by atoms with Gasteiger partial charge >= 0.3 is 5.97 Å². The molecule has 216 valence electrons. The van der Waals surface area contributed by atoms with Gasteiger partial charge in [-0.2, -0.15) is 0 Å². The lowest BCUT2D eigenvalue weighted by Crippen LogP contribution is -1.94. The average Bonchev–Trinajstić information content (AvgIpc) is 3.78. The van der Waals surface area contributed by atoms with Gasteiger partial charge in [-0.05, 0) is 86.3 Å². The van der Waals surface area contributed by atoms with Crippen molar-refractivity contribution >= 4 is 62.7 Å². The number of thiophene rings is 5. The molecule has 0 aromatic carbocycles. The molecule has 5 heterocycles. The van der Waals surface area contributed by atoms with Crippen LogP contribution >= 0.6 is 56.7 Å². The molecule has 0 saturated carbocycles. The quantitative estimate of drug-likeness (QED) is 0.103. The van der Waals surface area contributed by atoms with Crippen molar-refractivity contribution in [3.05, 3.63) is 70.4 Å². The van der Waals surface area contributed by atoms with E-state index < -0.39 is 5.97 Å². The molecule has 0 amide bonds. The highest BCUT2D eigenvalue weighted by Crippen LogP contribution is 2.44. The number of rotatable bonds is 17. The van der Waals surface area contributed by atoms with E-state index in [1.807, 2.05) is 45.3 Å². The van der Waals surface area contributed by atoms with Crippen molar-refractivity contribution in [3.63, 3.8) is 0 Å². The predicted molar refractivity (Wildman–Crippen MR) is 184 cm³/mol. The number of aryl methyl sites for hydroxylation is 2. The van der Waals surface area contributed by atoms with Crippen molar-refractivity contribution in [1.29, 1.82) is 0 Å². The zero-order valence-corrected chi connectivity index (χ0v) is 27.7. The van der Waals surface area contributed by atoms with Crippen LogP contribution in [0.25, 0.3) is 39.0 Å². The molecule has 0 radical (unpaired) electrons. The number of carbonyl (C=O) groups is 1. The minimum atomic E-state index is -0.719. The molecule has 5 aromatic rings. The summed E-state index contributed by atoms with van der Waals surface area (Å²) in [6.45, 7) is 2.28.